The summed E-state index contributed by atoms with van der Waals surface area (Å²) in [6.07, 6.45) is -6.00. The van der Waals surface area contributed by atoms with E-state index < -0.39 is 54.6 Å². The topological polar surface area (TPSA) is 140 Å². The summed E-state index contributed by atoms with van der Waals surface area (Å²) in [5, 5.41) is 0. The molecule has 0 saturated carbocycles. The highest BCUT2D eigenvalue weighted by Crippen LogP contribution is 2.29. The van der Waals surface area contributed by atoms with Crippen LogP contribution in [0.3, 0.4) is 0 Å². The van der Waals surface area contributed by atoms with Crippen LogP contribution in [0.5, 0.6) is 0 Å². The van der Waals surface area contributed by atoms with Crippen molar-refractivity contribution in [3.05, 3.63) is 0 Å². The van der Waals surface area contributed by atoms with Crippen molar-refractivity contribution >= 4 is 23.9 Å². The predicted molar refractivity (Wildman–Crippen MR) is 76.1 cm³/mol. The Kier molecular flexibility index (Phi) is 7.11. The van der Waals surface area contributed by atoms with Gasteiger partial charge in [-0.05, 0) is 0 Å². The first-order valence-electron chi connectivity index (χ1n) is 7.20. The molecule has 1 heterocycles. The fourth-order valence-electron chi connectivity index (χ4n) is 2.30. The molecule has 0 spiro atoms. The van der Waals surface area contributed by atoms with Crippen molar-refractivity contribution in [2.24, 2.45) is 5.73 Å². The molecule has 136 valence electrons. The molecule has 0 aliphatic carbocycles. The molecule has 0 bridgehead atoms. The summed E-state index contributed by atoms with van der Waals surface area (Å²) in [5.74, 6) is -2.83. The number of ether oxygens (including phenoxy) is 5. The molecule has 0 aromatic carbocycles. The quantitative estimate of drug-likeness (QED) is 0.487. The molecule has 0 amide bonds. The highest BCUT2D eigenvalue weighted by molar-refractivity contribution is 5.69. The molecule has 0 radical (unpaired) electrons. The van der Waals surface area contributed by atoms with E-state index >= 15 is 0 Å². The Hall–Kier alpha value is -2.20. The van der Waals surface area contributed by atoms with Crippen LogP contribution < -0.4 is 5.73 Å². The van der Waals surface area contributed by atoms with Crippen molar-refractivity contribution in [3.63, 3.8) is 0 Å². The van der Waals surface area contributed by atoms with Crippen LogP contribution in [0, 0.1) is 0 Å². The Morgan fingerprint density at radius 2 is 1.17 bits per heavy atom. The molecule has 10 nitrogen and oxygen atoms in total. The van der Waals surface area contributed by atoms with Gasteiger partial charge in [0.05, 0.1) is 0 Å². The van der Waals surface area contributed by atoms with Gasteiger partial charge in [0.25, 0.3) is 0 Å². The third kappa shape index (κ3) is 5.46. The van der Waals surface area contributed by atoms with Gasteiger partial charge in [0.1, 0.15) is 6.10 Å². The van der Waals surface area contributed by atoms with E-state index in [1.54, 1.807) is 0 Å². The van der Waals surface area contributed by atoms with Gasteiger partial charge in [0.15, 0.2) is 12.2 Å². The molecule has 5 atom stereocenters. The number of esters is 4. The molecular formula is C14H21NO9. The zero-order valence-electron chi connectivity index (χ0n) is 13.8. The van der Waals surface area contributed by atoms with Crippen LogP contribution in [0.2, 0.25) is 0 Å². The summed E-state index contributed by atoms with van der Waals surface area (Å²) >= 11 is 0. The van der Waals surface area contributed by atoms with Gasteiger partial charge in [-0.25, -0.2) is 0 Å². The summed E-state index contributed by atoms with van der Waals surface area (Å²) in [4.78, 5) is 45.4. The standard InChI is InChI=1S/C14H21NO9/c1-6(16)20-11-10(5-15)24-14(23-9(4)19)13(22-8(3)18)12(11)21-7(2)17/h10-14H,5,15H2,1-4H3/t10-,11-,12+,13+,14?/m1/s1. The molecule has 10 heteroatoms. The SMILES string of the molecule is CC(=O)OC1O[C@H](CN)[C@@H](OC(C)=O)[C@H](OC(C)=O)[C@@H]1OC(C)=O. The molecule has 24 heavy (non-hydrogen) atoms. The Morgan fingerprint density at radius 3 is 1.58 bits per heavy atom. The van der Waals surface area contributed by atoms with Crippen molar-refractivity contribution in [3.8, 4) is 0 Å². The normalized spacial score (nSPS) is 29.3. The van der Waals surface area contributed by atoms with Crippen molar-refractivity contribution in [1.29, 1.82) is 0 Å². The first-order chi connectivity index (χ1) is 11.1. The van der Waals surface area contributed by atoms with Gasteiger partial charge in [-0.2, -0.15) is 0 Å². The Balaban J connectivity index is 3.23. The molecular weight excluding hydrogens is 326 g/mol. The van der Waals surface area contributed by atoms with Crippen LogP contribution >= 0.6 is 0 Å². The van der Waals surface area contributed by atoms with E-state index in [1.165, 1.54) is 0 Å². The predicted octanol–water partition coefficient (Wildman–Crippen LogP) is -0.972. The monoisotopic (exact) mass is 347 g/mol. The minimum Gasteiger partial charge on any atom is -0.456 e. The van der Waals surface area contributed by atoms with Gasteiger partial charge in [0.2, 0.25) is 12.4 Å². The van der Waals surface area contributed by atoms with Crippen LogP contribution in [-0.2, 0) is 42.9 Å². The molecule has 1 fully saturated rings. The second-order valence-corrected chi connectivity index (χ2v) is 5.11. The summed E-state index contributed by atoms with van der Waals surface area (Å²) in [7, 11) is 0. The van der Waals surface area contributed by atoms with Crippen LogP contribution in [0.15, 0.2) is 0 Å². The molecule has 0 aromatic heterocycles. The second kappa shape index (κ2) is 8.60. The maximum atomic E-state index is 11.4. The smallest absolute Gasteiger partial charge is 0.305 e. The summed E-state index contributed by atoms with van der Waals surface area (Å²) in [6.45, 7) is 4.40. The number of carbonyl (C=O) groups is 4. The number of nitrogens with two attached hydrogens (primary N) is 1. The first-order valence-corrected chi connectivity index (χ1v) is 7.20. The van der Waals surface area contributed by atoms with Gasteiger partial charge in [-0.3, -0.25) is 19.2 Å². The average molecular weight is 347 g/mol. The van der Waals surface area contributed by atoms with Gasteiger partial charge in [-0.15, -0.1) is 0 Å². The fraction of sp³-hybridized carbons (Fsp3) is 0.714. The summed E-state index contributed by atoms with van der Waals surface area (Å²) < 4.78 is 25.8. The van der Waals surface area contributed by atoms with E-state index in [0.717, 1.165) is 27.7 Å². The third-order valence-corrected chi connectivity index (χ3v) is 3.01. The summed E-state index contributed by atoms with van der Waals surface area (Å²) in [6, 6.07) is 0. The molecule has 1 unspecified atom stereocenters. The van der Waals surface area contributed by atoms with Gasteiger partial charge in [0, 0.05) is 34.2 Å². The van der Waals surface area contributed by atoms with Crippen molar-refractivity contribution in [1.82, 2.24) is 0 Å². The minimum atomic E-state index is -1.36. The lowest BCUT2D eigenvalue weighted by Crippen LogP contribution is -2.63. The van der Waals surface area contributed by atoms with Crippen molar-refractivity contribution < 1.29 is 42.9 Å². The van der Waals surface area contributed by atoms with Crippen LogP contribution in [0.4, 0.5) is 0 Å². The Labute approximate surface area is 138 Å². The second-order valence-electron chi connectivity index (χ2n) is 5.11. The zero-order valence-corrected chi connectivity index (χ0v) is 13.8. The average Bonchev–Trinajstić information content (AvgIpc) is 2.42. The van der Waals surface area contributed by atoms with E-state index in [0.29, 0.717) is 0 Å². The summed E-state index contributed by atoms with van der Waals surface area (Å²) in [5.41, 5.74) is 5.60. The number of rotatable bonds is 5. The highest BCUT2D eigenvalue weighted by Gasteiger charge is 2.52. The lowest BCUT2D eigenvalue weighted by Gasteiger charge is -2.43. The number of carbonyl (C=O) groups excluding carboxylic acids is 4. The molecule has 0 aromatic rings. The van der Waals surface area contributed by atoms with E-state index in [1.807, 2.05) is 0 Å². The van der Waals surface area contributed by atoms with Crippen LogP contribution in [0.25, 0.3) is 0 Å². The van der Waals surface area contributed by atoms with Crippen molar-refractivity contribution in [2.45, 2.75) is 58.4 Å². The van der Waals surface area contributed by atoms with E-state index in [-0.39, 0.29) is 6.54 Å². The Morgan fingerprint density at radius 1 is 0.750 bits per heavy atom. The number of hydrogen-bond donors (Lipinski definition) is 1. The maximum Gasteiger partial charge on any atom is 0.305 e. The largest absolute Gasteiger partial charge is 0.456 e. The molecule has 1 aliphatic heterocycles. The third-order valence-electron chi connectivity index (χ3n) is 3.01. The lowest BCUT2D eigenvalue weighted by molar-refractivity contribution is -0.293. The maximum absolute atomic E-state index is 11.4. The molecule has 1 rings (SSSR count). The lowest BCUT2D eigenvalue weighted by atomic mass is 9.98. The van der Waals surface area contributed by atoms with E-state index in [9.17, 15) is 19.2 Å². The Bertz CT molecular complexity index is 506. The molecule has 1 saturated heterocycles. The molecule has 1 aliphatic rings. The first kappa shape index (κ1) is 19.8. The van der Waals surface area contributed by atoms with Gasteiger partial charge in [-0.1, -0.05) is 0 Å². The number of hydrogen-bond acceptors (Lipinski definition) is 10. The highest BCUT2D eigenvalue weighted by atomic mass is 16.7. The van der Waals surface area contributed by atoms with E-state index in [4.69, 9.17) is 29.4 Å². The fourth-order valence-corrected chi connectivity index (χ4v) is 2.30. The molecule has 2 N–H and O–H groups in total. The minimum absolute atomic E-state index is 0.125. The van der Waals surface area contributed by atoms with Crippen LogP contribution in [0.1, 0.15) is 27.7 Å². The van der Waals surface area contributed by atoms with E-state index in [2.05, 4.69) is 0 Å². The van der Waals surface area contributed by atoms with Gasteiger partial charge >= 0.3 is 23.9 Å². The van der Waals surface area contributed by atoms with Gasteiger partial charge < -0.3 is 29.4 Å². The van der Waals surface area contributed by atoms with Crippen molar-refractivity contribution in [2.75, 3.05) is 6.54 Å². The zero-order chi connectivity index (χ0) is 18.4. The van der Waals surface area contributed by atoms with Crippen LogP contribution in [-0.4, -0.2) is 61.1 Å².